The van der Waals surface area contributed by atoms with Gasteiger partial charge in [-0.15, -0.1) is 0 Å². The number of imide groups is 1. The number of nitrogens with one attached hydrogen (secondary N) is 2. The van der Waals surface area contributed by atoms with Gasteiger partial charge in [0.2, 0.25) is 5.91 Å². The van der Waals surface area contributed by atoms with Gasteiger partial charge < -0.3 is 11.1 Å². The van der Waals surface area contributed by atoms with Gasteiger partial charge in [0.25, 0.3) is 0 Å². The molecule has 1 aliphatic carbocycles. The lowest BCUT2D eigenvalue weighted by Crippen LogP contribution is -2.45. The maximum Gasteiger partial charge on any atom is 0.321 e. The second kappa shape index (κ2) is 8.37. The first-order valence-corrected chi connectivity index (χ1v) is 7.67. The van der Waals surface area contributed by atoms with E-state index in [2.05, 4.69) is 10.6 Å². The summed E-state index contributed by atoms with van der Waals surface area (Å²) in [6.07, 6.45) is 5.58. The van der Waals surface area contributed by atoms with Crippen LogP contribution in [-0.4, -0.2) is 35.5 Å². The number of hydrogen-bond donors (Lipinski definition) is 3. The van der Waals surface area contributed by atoms with Crippen LogP contribution in [0.4, 0.5) is 4.79 Å². The molecular weight excluding hydrogens is 250 g/mol. The topological polar surface area (TPSA) is 84.2 Å². The lowest BCUT2D eigenvalue weighted by molar-refractivity contribution is -0.117. The molecule has 0 spiro atoms. The average molecular weight is 273 g/mol. The lowest BCUT2D eigenvalue weighted by atomic mass is 9.96. The number of amides is 3. The molecule has 0 bridgehead atoms. The van der Waals surface area contributed by atoms with E-state index in [0.717, 1.165) is 31.4 Å². The molecular formula is C12H23N3O2S. The van der Waals surface area contributed by atoms with Crippen LogP contribution in [0.25, 0.3) is 0 Å². The van der Waals surface area contributed by atoms with Crippen LogP contribution in [0.1, 0.15) is 39.0 Å². The third-order valence-electron chi connectivity index (χ3n) is 2.81. The molecule has 104 valence electrons. The van der Waals surface area contributed by atoms with Gasteiger partial charge in [-0.1, -0.05) is 19.3 Å². The third kappa shape index (κ3) is 6.86. The average Bonchev–Trinajstić information content (AvgIpc) is 2.29. The molecule has 0 saturated heterocycles. The first-order chi connectivity index (χ1) is 8.58. The number of hydrogen-bond acceptors (Lipinski definition) is 4. The summed E-state index contributed by atoms with van der Waals surface area (Å²) in [6.45, 7) is 1.89. The number of rotatable bonds is 5. The van der Waals surface area contributed by atoms with Crippen LogP contribution in [-0.2, 0) is 4.79 Å². The summed E-state index contributed by atoms with van der Waals surface area (Å²) >= 11 is 1.44. The molecule has 5 nitrogen and oxygen atoms in total. The van der Waals surface area contributed by atoms with E-state index >= 15 is 0 Å². The van der Waals surface area contributed by atoms with Crippen molar-refractivity contribution in [1.29, 1.82) is 0 Å². The molecule has 1 fully saturated rings. The van der Waals surface area contributed by atoms with E-state index in [1.807, 2.05) is 6.92 Å². The Labute approximate surface area is 113 Å². The summed E-state index contributed by atoms with van der Waals surface area (Å²) in [5.41, 5.74) is 5.57. The monoisotopic (exact) mass is 273 g/mol. The van der Waals surface area contributed by atoms with Crippen molar-refractivity contribution in [2.45, 2.75) is 51.1 Å². The molecule has 1 aliphatic rings. The minimum atomic E-state index is -0.367. The Hall–Kier alpha value is -0.750. The normalized spacial score (nSPS) is 18.1. The van der Waals surface area contributed by atoms with Gasteiger partial charge in [0.1, 0.15) is 0 Å². The van der Waals surface area contributed by atoms with Crippen LogP contribution in [0.5, 0.6) is 0 Å². The second-order valence-electron chi connectivity index (χ2n) is 4.85. The molecule has 3 amide bonds. The molecule has 1 saturated carbocycles. The van der Waals surface area contributed by atoms with Gasteiger partial charge in [-0.3, -0.25) is 10.1 Å². The predicted molar refractivity (Wildman–Crippen MR) is 74.5 cm³/mol. The summed E-state index contributed by atoms with van der Waals surface area (Å²) in [4.78, 5) is 23.0. The maximum atomic E-state index is 11.5. The van der Waals surface area contributed by atoms with Crippen LogP contribution in [0.15, 0.2) is 0 Å². The van der Waals surface area contributed by atoms with E-state index in [1.54, 1.807) is 0 Å². The van der Waals surface area contributed by atoms with Gasteiger partial charge in [0.05, 0.1) is 5.75 Å². The third-order valence-corrected chi connectivity index (χ3v) is 4.04. The van der Waals surface area contributed by atoms with E-state index in [1.165, 1.54) is 18.2 Å². The number of nitrogens with two attached hydrogens (primary N) is 1. The van der Waals surface area contributed by atoms with Crippen LogP contribution in [0.2, 0.25) is 0 Å². The largest absolute Gasteiger partial charge is 0.335 e. The molecule has 0 aromatic heterocycles. The van der Waals surface area contributed by atoms with Gasteiger partial charge >= 0.3 is 6.03 Å². The maximum absolute atomic E-state index is 11.5. The predicted octanol–water partition coefficient (Wildman–Crippen LogP) is 1.23. The molecule has 0 aliphatic heterocycles. The highest BCUT2D eigenvalue weighted by Gasteiger charge is 2.16. The van der Waals surface area contributed by atoms with Crippen molar-refractivity contribution in [2.24, 2.45) is 5.73 Å². The molecule has 4 N–H and O–H groups in total. The van der Waals surface area contributed by atoms with Crippen molar-refractivity contribution in [3.8, 4) is 0 Å². The summed E-state index contributed by atoms with van der Waals surface area (Å²) in [5.74, 6) is 0.742. The first kappa shape index (κ1) is 15.3. The van der Waals surface area contributed by atoms with Crippen molar-refractivity contribution in [2.75, 3.05) is 11.5 Å². The Morgan fingerprint density at radius 1 is 1.33 bits per heavy atom. The fraction of sp³-hybridized carbons (Fsp3) is 0.833. The molecule has 0 aromatic carbocycles. The molecule has 0 radical (unpaired) electrons. The van der Waals surface area contributed by atoms with E-state index in [9.17, 15) is 9.59 Å². The number of urea groups is 1. The molecule has 0 heterocycles. The highest BCUT2D eigenvalue weighted by Crippen LogP contribution is 2.17. The molecule has 1 rings (SSSR count). The Morgan fingerprint density at radius 3 is 2.61 bits per heavy atom. The minimum Gasteiger partial charge on any atom is -0.335 e. The Balaban J connectivity index is 2.12. The number of carbonyl (C=O) groups is 2. The highest BCUT2D eigenvalue weighted by atomic mass is 32.2. The van der Waals surface area contributed by atoms with Crippen molar-refractivity contribution >= 4 is 23.7 Å². The zero-order chi connectivity index (χ0) is 13.4. The van der Waals surface area contributed by atoms with E-state index in [0.29, 0.717) is 0 Å². The zero-order valence-corrected chi connectivity index (χ0v) is 11.7. The van der Waals surface area contributed by atoms with Gasteiger partial charge in [-0.25, -0.2) is 4.79 Å². The van der Waals surface area contributed by atoms with Crippen LogP contribution >= 0.6 is 11.8 Å². The quantitative estimate of drug-likeness (QED) is 0.703. The summed E-state index contributed by atoms with van der Waals surface area (Å²) < 4.78 is 0. The molecule has 6 heteroatoms. The highest BCUT2D eigenvalue weighted by molar-refractivity contribution is 8.00. The summed E-state index contributed by atoms with van der Waals surface area (Å²) in [6, 6.07) is -0.0737. The molecule has 1 unspecified atom stereocenters. The van der Waals surface area contributed by atoms with Gasteiger partial charge in [0, 0.05) is 17.8 Å². The van der Waals surface area contributed by atoms with Crippen LogP contribution < -0.4 is 16.4 Å². The second-order valence-corrected chi connectivity index (χ2v) is 5.88. The zero-order valence-electron chi connectivity index (χ0n) is 10.9. The van der Waals surface area contributed by atoms with Crippen LogP contribution in [0.3, 0.4) is 0 Å². The van der Waals surface area contributed by atoms with Gasteiger partial charge in [0.15, 0.2) is 0 Å². The SMILES string of the molecule is CC(N)CSCC(=O)NC(=O)NC1CCCCC1. The standard InChI is InChI=1S/C12H23N3O2S/c1-9(13)7-18-8-11(16)15-12(17)14-10-5-3-2-4-6-10/h9-10H,2-8,13H2,1H3,(H2,14,15,16,17). The fourth-order valence-electron chi connectivity index (χ4n) is 1.97. The van der Waals surface area contributed by atoms with E-state index in [-0.39, 0.29) is 29.8 Å². The first-order valence-electron chi connectivity index (χ1n) is 6.51. The van der Waals surface area contributed by atoms with Gasteiger partial charge in [-0.05, 0) is 19.8 Å². The number of thioether (sulfide) groups is 1. The van der Waals surface area contributed by atoms with Crippen molar-refractivity contribution < 1.29 is 9.59 Å². The Kier molecular flexibility index (Phi) is 7.12. The number of carbonyl (C=O) groups excluding carboxylic acids is 2. The van der Waals surface area contributed by atoms with Crippen molar-refractivity contribution in [3.63, 3.8) is 0 Å². The van der Waals surface area contributed by atoms with E-state index < -0.39 is 0 Å². The Bertz CT molecular complexity index is 278. The molecule has 0 aromatic rings. The molecule has 1 atom stereocenters. The fourth-order valence-corrected chi connectivity index (χ4v) is 2.72. The summed E-state index contributed by atoms with van der Waals surface area (Å²) in [5, 5.41) is 5.19. The molecule has 18 heavy (non-hydrogen) atoms. The van der Waals surface area contributed by atoms with Crippen molar-refractivity contribution in [3.05, 3.63) is 0 Å². The lowest BCUT2D eigenvalue weighted by Gasteiger charge is -2.22. The van der Waals surface area contributed by atoms with Crippen molar-refractivity contribution in [1.82, 2.24) is 10.6 Å². The minimum absolute atomic E-state index is 0.0684. The van der Waals surface area contributed by atoms with Gasteiger partial charge in [-0.2, -0.15) is 11.8 Å². The van der Waals surface area contributed by atoms with Crippen LogP contribution in [0, 0.1) is 0 Å². The Morgan fingerprint density at radius 2 is 2.00 bits per heavy atom. The smallest absolute Gasteiger partial charge is 0.321 e. The summed E-state index contributed by atoms with van der Waals surface area (Å²) in [7, 11) is 0. The van der Waals surface area contributed by atoms with E-state index in [4.69, 9.17) is 5.73 Å².